The topological polar surface area (TPSA) is 55.1 Å². The van der Waals surface area contributed by atoms with Crippen molar-refractivity contribution in [1.29, 1.82) is 0 Å². The highest BCUT2D eigenvalue weighted by atomic mass is 32.1. The van der Waals surface area contributed by atoms with Gasteiger partial charge in [-0.2, -0.15) is 0 Å². The van der Waals surface area contributed by atoms with Crippen LogP contribution in [0.5, 0.6) is 0 Å². The van der Waals surface area contributed by atoms with E-state index in [2.05, 4.69) is 16.8 Å². The van der Waals surface area contributed by atoms with Gasteiger partial charge in [-0.05, 0) is 67.0 Å². The molecule has 0 radical (unpaired) electrons. The highest BCUT2D eigenvalue weighted by molar-refractivity contribution is 7.10. The van der Waals surface area contributed by atoms with Gasteiger partial charge in [0.25, 0.3) is 5.91 Å². The number of aryl methyl sites for hydroxylation is 2. The zero-order valence-corrected chi connectivity index (χ0v) is 12.3. The number of hydrogen-bond donors (Lipinski definition) is 2. The molecular formula is C16H18N2OS. The van der Waals surface area contributed by atoms with Gasteiger partial charge in [0.2, 0.25) is 0 Å². The molecule has 3 N–H and O–H groups in total. The lowest BCUT2D eigenvalue weighted by atomic mass is 9.93. The first-order chi connectivity index (χ1) is 9.65. The first-order valence-electron chi connectivity index (χ1n) is 6.88. The van der Waals surface area contributed by atoms with Crippen molar-refractivity contribution in [2.24, 2.45) is 0 Å². The summed E-state index contributed by atoms with van der Waals surface area (Å²) in [7, 11) is 0. The number of nitrogens with two attached hydrogens (primary N) is 1. The summed E-state index contributed by atoms with van der Waals surface area (Å²) >= 11 is 1.79. The second-order valence-corrected chi connectivity index (χ2v) is 6.29. The molecule has 2 aromatic rings. The quantitative estimate of drug-likeness (QED) is 0.831. The van der Waals surface area contributed by atoms with Crippen molar-refractivity contribution in [2.45, 2.75) is 32.2 Å². The van der Waals surface area contributed by atoms with Crippen LogP contribution in [0.25, 0.3) is 0 Å². The number of carbonyl (C=O) groups excluding carboxylic acids is 1. The molecule has 0 saturated carbocycles. The average molecular weight is 286 g/mol. The number of carbonyl (C=O) groups is 1. The lowest BCUT2D eigenvalue weighted by Crippen LogP contribution is -2.30. The Morgan fingerprint density at radius 2 is 2.25 bits per heavy atom. The Hall–Kier alpha value is -1.81. The van der Waals surface area contributed by atoms with Crippen LogP contribution in [-0.4, -0.2) is 5.91 Å². The minimum absolute atomic E-state index is 0.00782. The lowest BCUT2D eigenvalue weighted by molar-refractivity contribution is 0.0932. The van der Waals surface area contributed by atoms with Crippen molar-refractivity contribution in [3.05, 3.63) is 51.2 Å². The molecule has 1 aromatic carbocycles. The van der Waals surface area contributed by atoms with E-state index in [4.69, 9.17) is 5.73 Å². The predicted octanol–water partition coefficient (Wildman–Crippen LogP) is 3.45. The first kappa shape index (κ1) is 13.2. The molecule has 0 bridgehead atoms. The number of amides is 1. The Kier molecular flexibility index (Phi) is 3.49. The van der Waals surface area contributed by atoms with Crippen molar-refractivity contribution >= 4 is 22.9 Å². The molecule has 20 heavy (non-hydrogen) atoms. The van der Waals surface area contributed by atoms with Gasteiger partial charge in [-0.3, -0.25) is 4.79 Å². The Labute approximate surface area is 122 Å². The van der Waals surface area contributed by atoms with Crippen LogP contribution in [0.15, 0.2) is 29.6 Å². The monoisotopic (exact) mass is 286 g/mol. The molecule has 0 spiro atoms. The Balaban J connectivity index is 1.81. The number of hydrogen-bond acceptors (Lipinski definition) is 3. The number of fused-ring (bicyclic) bond motifs is 1. The number of thiophene rings is 1. The van der Waals surface area contributed by atoms with Gasteiger partial charge < -0.3 is 11.1 Å². The fourth-order valence-electron chi connectivity index (χ4n) is 2.81. The van der Waals surface area contributed by atoms with E-state index >= 15 is 0 Å². The average Bonchev–Trinajstić information content (AvgIpc) is 2.87. The summed E-state index contributed by atoms with van der Waals surface area (Å²) in [5, 5.41) is 5.28. The van der Waals surface area contributed by atoms with Crippen LogP contribution in [-0.2, 0) is 6.42 Å². The maximum absolute atomic E-state index is 12.4. The molecule has 0 aliphatic heterocycles. The SMILES string of the molecule is Cc1cc(N)ccc1C(=O)NC1CCCc2sccc21. The fraction of sp³-hybridized carbons (Fsp3) is 0.312. The zero-order valence-electron chi connectivity index (χ0n) is 11.5. The minimum Gasteiger partial charge on any atom is -0.399 e. The van der Waals surface area contributed by atoms with Gasteiger partial charge in [0, 0.05) is 16.1 Å². The van der Waals surface area contributed by atoms with Crippen molar-refractivity contribution in [3.63, 3.8) is 0 Å². The molecule has 3 nitrogen and oxygen atoms in total. The van der Waals surface area contributed by atoms with Crippen molar-refractivity contribution in [1.82, 2.24) is 5.32 Å². The number of benzene rings is 1. The third kappa shape index (κ3) is 2.43. The molecule has 1 aliphatic carbocycles. The molecular weight excluding hydrogens is 268 g/mol. The van der Waals surface area contributed by atoms with Gasteiger partial charge in [-0.15, -0.1) is 11.3 Å². The summed E-state index contributed by atoms with van der Waals surface area (Å²) in [6, 6.07) is 7.71. The van der Waals surface area contributed by atoms with E-state index in [0.717, 1.165) is 24.8 Å². The highest BCUT2D eigenvalue weighted by Gasteiger charge is 2.23. The molecule has 0 saturated heterocycles. The lowest BCUT2D eigenvalue weighted by Gasteiger charge is -2.24. The van der Waals surface area contributed by atoms with E-state index in [0.29, 0.717) is 11.3 Å². The van der Waals surface area contributed by atoms with E-state index in [1.165, 1.54) is 10.4 Å². The Morgan fingerprint density at radius 1 is 1.40 bits per heavy atom. The summed E-state index contributed by atoms with van der Waals surface area (Å²) in [5.74, 6) is -0.00782. The standard InChI is InChI=1S/C16H18N2OS/c1-10-9-11(17)5-6-12(10)16(19)18-14-3-2-4-15-13(14)7-8-20-15/h5-9,14H,2-4,17H2,1H3,(H,18,19). The van der Waals surface area contributed by atoms with Gasteiger partial charge in [0.05, 0.1) is 6.04 Å². The van der Waals surface area contributed by atoms with Crippen LogP contribution < -0.4 is 11.1 Å². The molecule has 1 atom stereocenters. The largest absolute Gasteiger partial charge is 0.399 e. The van der Waals surface area contributed by atoms with Crippen LogP contribution in [0.3, 0.4) is 0 Å². The molecule has 1 amide bonds. The molecule has 1 aliphatic rings. The number of rotatable bonds is 2. The smallest absolute Gasteiger partial charge is 0.252 e. The van der Waals surface area contributed by atoms with Gasteiger partial charge in [-0.25, -0.2) is 0 Å². The van der Waals surface area contributed by atoms with Gasteiger partial charge in [0.15, 0.2) is 0 Å². The van der Waals surface area contributed by atoms with Crippen LogP contribution in [0.1, 0.15) is 45.2 Å². The van der Waals surface area contributed by atoms with Crippen LogP contribution >= 0.6 is 11.3 Å². The molecule has 3 rings (SSSR count). The molecule has 1 aromatic heterocycles. The second-order valence-electron chi connectivity index (χ2n) is 5.29. The molecule has 104 valence electrons. The maximum Gasteiger partial charge on any atom is 0.252 e. The Bertz CT molecular complexity index is 648. The van der Waals surface area contributed by atoms with E-state index in [9.17, 15) is 4.79 Å². The normalized spacial score (nSPS) is 17.6. The van der Waals surface area contributed by atoms with E-state index in [1.54, 1.807) is 23.5 Å². The molecule has 0 fully saturated rings. The summed E-state index contributed by atoms with van der Waals surface area (Å²) in [4.78, 5) is 13.8. The van der Waals surface area contributed by atoms with Crippen LogP contribution in [0.4, 0.5) is 5.69 Å². The van der Waals surface area contributed by atoms with E-state index < -0.39 is 0 Å². The highest BCUT2D eigenvalue weighted by Crippen LogP contribution is 2.33. The number of anilines is 1. The summed E-state index contributed by atoms with van der Waals surface area (Å²) in [6.07, 6.45) is 3.29. The van der Waals surface area contributed by atoms with E-state index in [1.807, 2.05) is 13.0 Å². The fourth-order valence-corrected chi connectivity index (χ4v) is 3.80. The van der Waals surface area contributed by atoms with Crippen molar-refractivity contribution in [2.75, 3.05) is 5.73 Å². The van der Waals surface area contributed by atoms with Crippen LogP contribution in [0, 0.1) is 6.92 Å². The van der Waals surface area contributed by atoms with Gasteiger partial charge in [0.1, 0.15) is 0 Å². The van der Waals surface area contributed by atoms with Gasteiger partial charge in [-0.1, -0.05) is 0 Å². The third-order valence-corrected chi connectivity index (χ3v) is 4.85. The molecule has 4 heteroatoms. The maximum atomic E-state index is 12.4. The molecule has 1 unspecified atom stereocenters. The predicted molar refractivity (Wildman–Crippen MR) is 83.1 cm³/mol. The number of nitrogens with one attached hydrogen (secondary N) is 1. The first-order valence-corrected chi connectivity index (χ1v) is 7.76. The van der Waals surface area contributed by atoms with Gasteiger partial charge >= 0.3 is 0 Å². The van der Waals surface area contributed by atoms with Crippen molar-refractivity contribution in [3.8, 4) is 0 Å². The number of nitrogen functional groups attached to an aromatic ring is 1. The minimum atomic E-state index is -0.00782. The third-order valence-electron chi connectivity index (χ3n) is 3.85. The zero-order chi connectivity index (χ0) is 14.1. The Morgan fingerprint density at radius 3 is 3.05 bits per heavy atom. The van der Waals surface area contributed by atoms with Crippen LogP contribution in [0.2, 0.25) is 0 Å². The second kappa shape index (κ2) is 5.29. The molecule has 1 heterocycles. The summed E-state index contributed by atoms with van der Waals surface area (Å²) in [5.41, 5.74) is 9.35. The van der Waals surface area contributed by atoms with E-state index in [-0.39, 0.29) is 11.9 Å². The summed E-state index contributed by atoms with van der Waals surface area (Å²) in [6.45, 7) is 1.92. The van der Waals surface area contributed by atoms with Crippen molar-refractivity contribution < 1.29 is 4.79 Å². The summed E-state index contributed by atoms with van der Waals surface area (Å²) < 4.78 is 0.